The number of rotatable bonds is 3. The van der Waals surface area contributed by atoms with Gasteiger partial charge in [-0.25, -0.2) is 4.39 Å². The van der Waals surface area contributed by atoms with Crippen LogP contribution in [0.3, 0.4) is 0 Å². The summed E-state index contributed by atoms with van der Waals surface area (Å²) < 4.78 is 52.6. The number of piperazine rings is 1. The zero-order valence-corrected chi connectivity index (χ0v) is 11.3. The van der Waals surface area contributed by atoms with Crippen LogP contribution >= 0.6 is 0 Å². The van der Waals surface area contributed by atoms with Gasteiger partial charge in [0.15, 0.2) is 0 Å². The first-order valence-electron chi connectivity index (χ1n) is 6.62. The maximum Gasteiger partial charge on any atom is 0.419 e. The first-order valence-corrected chi connectivity index (χ1v) is 6.62. The SMILES string of the molecule is N#CC[C@H](c1cccc(C(F)(F)F)c1F)N1CCNCC1. The summed E-state index contributed by atoms with van der Waals surface area (Å²) in [4.78, 5) is 1.85. The predicted octanol–water partition coefficient (Wildman–Crippen LogP) is 2.70. The van der Waals surface area contributed by atoms with Crippen LogP contribution in [0, 0.1) is 17.1 Å². The van der Waals surface area contributed by atoms with Crippen molar-refractivity contribution >= 4 is 0 Å². The highest BCUT2D eigenvalue weighted by atomic mass is 19.4. The molecule has 0 radical (unpaired) electrons. The predicted molar refractivity (Wildman–Crippen MR) is 68.8 cm³/mol. The number of nitriles is 1. The number of hydrogen-bond donors (Lipinski definition) is 1. The van der Waals surface area contributed by atoms with Gasteiger partial charge < -0.3 is 5.32 Å². The van der Waals surface area contributed by atoms with Gasteiger partial charge in [-0.3, -0.25) is 4.90 Å². The molecule has 1 saturated heterocycles. The van der Waals surface area contributed by atoms with E-state index in [1.165, 1.54) is 12.1 Å². The zero-order valence-electron chi connectivity index (χ0n) is 11.3. The first kappa shape index (κ1) is 15.7. The summed E-state index contributed by atoms with van der Waals surface area (Å²) in [5.41, 5.74) is -1.34. The van der Waals surface area contributed by atoms with Crippen molar-refractivity contribution in [2.75, 3.05) is 26.2 Å². The van der Waals surface area contributed by atoms with E-state index >= 15 is 0 Å². The number of nitrogens with one attached hydrogen (secondary N) is 1. The van der Waals surface area contributed by atoms with E-state index in [1.807, 2.05) is 11.0 Å². The minimum atomic E-state index is -4.74. The normalized spacial score (nSPS) is 18.2. The molecule has 7 heteroatoms. The Bertz CT molecular complexity index is 530. The van der Waals surface area contributed by atoms with Gasteiger partial charge in [0.2, 0.25) is 0 Å². The van der Waals surface area contributed by atoms with Crippen molar-refractivity contribution in [3.63, 3.8) is 0 Å². The Kier molecular flexibility index (Phi) is 4.80. The number of nitrogens with zero attached hydrogens (tertiary/aromatic N) is 2. The van der Waals surface area contributed by atoms with E-state index in [4.69, 9.17) is 5.26 Å². The number of alkyl halides is 3. The Hall–Kier alpha value is -1.65. The monoisotopic (exact) mass is 301 g/mol. The van der Waals surface area contributed by atoms with Crippen molar-refractivity contribution in [3.05, 3.63) is 35.1 Å². The van der Waals surface area contributed by atoms with Crippen molar-refractivity contribution in [2.45, 2.75) is 18.6 Å². The number of halogens is 4. The van der Waals surface area contributed by atoms with Crippen LogP contribution in [0.15, 0.2) is 18.2 Å². The second-order valence-corrected chi connectivity index (χ2v) is 4.87. The standard InChI is InChI=1S/C14H15F4N3/c15-13-10(2-1-3-11(13)14(16,17)18)12(4-5-19)21-8-6-20-7-9-21/h1-3,12,20H,4,6-9H2/t12-/m1/s1. The van der Waals surface area contributed by atoms with E-state index in [0.717, 1.165) is 6.07 Å². The topological polar surface area (TPSA) is 39.1 Å². The van der Waals surface area contributed by atoms with Crippen LogP contribution in [0.2, 0.25) is 0 Å². The fourth-order valence-electron chi connectivity index (χ4n) is 2.54. The molecule has 21 heavy (non-hydrogen) atoms. The Balaban J connectivity index is 2.38. The van der Waals surface area contributed by atoms with Crippen molar-refractivity contribution in [3.8, 4) is 6.07 Å². The molecular formula is C14H15F4N3. The number of benzene rings is 1. The summed E-state index contributed by atoms with van der Waals surface area (Å²) in [5, 5.41) is 12.0. The van der Waals surface area contributed by atoms with Gasteiger partial charge in [-0.05, 0) is 6.07 Å². The zero-order chi connectivity index (χ0) is 15.5. The molecule has 0 aromatic heterocycles. The highest BCUT2D eigenvalue weighted by Gasteiger charge is 2.36. The van der Waals surface area contributed by atoms with Gasteiger partial charge in [0.25, 0.3) is 0 Å². The number of hydrogen-bond acceptors (Lipinski definition) is 3. The molecule has 0 spiro atoms. The van der Waals surface area contributed by atoms with Crippen LogP contribution in [0.25, 0.3) is 0 Å². The largest absolute Gasteiger partial charge is 0.419 e. The Morgan fingerprint density at radius 2 is 1.95 bits per heavy atom. The average molecular weight is 301 g/mol. The van der Waals surface area contributed by atoms with Crippen LogP contribution in [0.4, 0.5) is 17.6 Å². The smallest absolute Gasteiger partial charge is 0.314 e. The molecule has 1 atom stereocenters. The minimum absolute atomic E-state index is 0.0434. The van der Waals surface area contributed by atoms with E-state index in [9.17, 15) is 17.6 Å². The van der Waals surface area contributed by atoms with Gasteiger partial charge in [0.05, 0.1) is 24.1 Å². The Labute approximate surface area is 120 Å². The summed E-state index contributed by atoms with van der Waals surface area (Å²) in [5.74, 6) is -1.27. The van der Waals surface area contributed by atoms with E-state index in [0.29, 0.717) is 26.2 Å². The lowest BCUT2D eigenvalue weighted by molar-refractivity contribution is -0.140. The van der Waals surface area contributed by atoms with E-state index in [2.05, 4.69) is 5.32 Å². The minimum Gasteiger partial charge on any atom is -0.314 e. The summed E-state index contributed by atoms with van der Waals surface area (Å²) in [6.07, 6.45) is -4.78. The molecule has 1 fully saturated rings. The third kappa shape index (κ3) is 3.52. The van der Waals surface area contributed by atoms with Crippen LogP contribution in [-0.2, 0) is 6.18 Å². The third-order valence-electron chi connectivity index (χ3n) is 3.57. The van der Waals surface area contributed by atoms with Crippen LogP contribution in [0.5, 0.6) is 0 Å². The summed E-state index contributed by atoms with van der Waals surface area (Å²) >= 11 is 0. The first-order chi connectivity index (χ1) is 9.95. The van der Waals surface area contributed by atoms with Crippen LogP contribution < -0.4 is 5.32 Å². The Morgan fingerprint density at radius 3 is 2.52 bits per heavy atom. The molecule has 3 nitrogen and oxygen atoms in total. The van der Waals surface area contributed by atoms with Crippen molar-refractivity contribution in [1.82, 2.24) is 10.2 Å². The van der Waals surface area contributed by atoms with Crippen molar-refractivity contribution in [1.29, 1.82) is 5.26 Å². The molecule has 1 aliphatic heterocycles. The second-order valence-electron chi connectivity index (χ2n) is 4.87. The molecule has 0 saturated carbocycles. The van der Waals surface area contributed by atoms with Crippen molar-refractivity contribution in [2.24, 2.45) is 0 Å². The quantitative estimate of drug-likeness (QED) is 0.873. The van der Waals surface area contributed by atoms with Gasteiger partial charge in [-0.15, -0.1) is 0 Å². The molecule has 1 heterocycles. The lowest BCUT2D eigenvalue weighted by atomic mass is 9.98. The van der Waals surface area contributed by atoms with Gasteiger partial charge in [0.1, 0.15) is 5.82 Å². The summed E-state index contributed by atoms with van der Waals surface area (Å²) in [6.45, 7) is 2.48. The van der Waals surface area contributed by atoms with Crippen molar-refractivity contribution < 1.29 is 17.6 Å². The Morgan fingerprint density at radius 1 is 1.29 bits per heavy atom. The lowest BCUT2D eigenvalue weighted by Gasteiger charge is -2.34. The van der Waals surface area contributed by atoms with Gasteiger partial charge in [0, 0.05) is 31.7 Å². The molecular weight excluding hydrogens is 286 g/mol. The summed E-state index contributed by atoms with van der Waals surface area (Å²) in [7, 11) is 0. The maximum atomic E-state index is 14.2. The van der Waals surface area contributed by atoms with E-state index in [-0.39, 0.29) is 12.0 Å². The maximum absolute atomic E-state index is 14.2. The van der Waals surface area contributed by atoms with Gasteiger partial charge in [-0.2, -0.15) is 18.4 Å². The fourth-order valence-corrected chi connectivity index (χ4v) is 2.54. The highest BCUT2D eigenvalue weighted by Crippen LogP contribution is 2.36. The van der Waals surface area contributed by atoms with Gasteiger partial charge in [-0.1, -0.05) is 12.1 Å². The van der Waals surface area contributed by atoms with E-state index in [1.54, 1.807) is 0 Å². The van der Waals surface area contributed by atoms with E-state index < -0.39 is 23.6 Å². The summed E-state index contributed by atoms with van der Waals surface area (Å²) in [6, 6.07) is 4.52. The molecule has 0 amide bonds. The van der Waals surface area contributed by atoms with Gasteiger partial charge >= 0.3 is 6.18 Å². The molecule has 1 aliphatic rings. The van der Waals surface area contributed by atoms with Crippen LogP contribution in [0.1, 0.15) is 23.6 Å². The average Bonchev–Trinajstić information content (AvgIpc) is 2.45. The molecule has 0 bridgehead atoms. The molecule has 114 valence electrons. The molecule has 2 rings (SSSR count). The molecule has 1 N–H and O–H groups in total. The molecule has 0 unspecified atom stereocenters. The molecule has 0 aliphatic carbocycles. The molecule has 1 aromatic carbocycles. The lowest BCUT2D eigenvalue weighted by Crippen LogP contribution is -2.45. The second kappa shape index (κ2) is 6.41. The highest BCUT2D eigenvalue weighted by molar-refractivity contribution is 5.31. The fraction of sp³-hybridized carbons (Fsp3) is 0.500. The van der Waals surface area contributed by atoms with Crippen LogP contribution in [-0.4, -0.2) is 31.1 Å². The molecule has 1 aromatic rings. The third-order valence-corrected chi connectivity index (χ3v) is 3.57.